The number of halogens is 1. The SMILES string of the molecule is CN1CC(Nc2ncc(Cl)c(-c3c[nH]c4ccccc34)n2)C[C@H](NC(=O)OC(C)(C)C)C1. The van der Waals surface area contributed by atoms with Crippen molar-refractivity contribution in [3.8, 4) is 11.3 Å². The number of benzene rings is 1. The molecule has 9 heteroatoms. The second-order valence-electron chi connectivity index (χ2n) is 9.28. The number of aromatic amines is 1. The first-order valence-electron chi connectivity index (χ1n) is 10.7. The van der Waals surface area contributed by atoms with E-state index >= 15 is 0 Å². The van der Waals surface area contributed by atoms with Gasteiger partial charge in [-0.2, -0.15) is 0 Å². The Bertz CT molecular complexity index is 1110. The summed E-state index contributed by atoms with van der Waals surface area (Å²) in [5, 5.41) is 7.94. The van der Waals surface area contributed by atoms with Crippen molar-refractivity contribution in [2.45, 2.75) is 44.9 Å². The van der Waals surface area contributed by atoms with Gasteiger partial charge in [-0.15, -0.1) is 0 Å². The second-order valence-corrected chi connectivity index (χ2v) is 9.69. The predicted octanol–water partition coefficient (Wildman–Crippen LogP) is 4.29. The summed E-state index contributed by atoms with van der Waals surface area (Å²) >= 11 is 6.45. The normalized spacial score (nSPS) is 19.7. The number of piperidine rings is 1. The Balaban J connectivity index is 1.49. The van der Waals surface area contributed by atoms with Crippen LogP contribution in [0.4, 0.5) is 10.7 Å². The summed E-state index contributed by atoms with van der Waals surface area (Å²) in [4.78, 5) is 26.7. The number of nitrogens with zero attached hydrogens (tertiary/aromatic N) is 3. The fraction of sp³-hybridized carbons (Fsp3) is 0.435. The first-order valence-corrected chi connectivity index (χ1v) is 11.1. The Kier molecular flexibility index (Phi) is 6.26. The molecule has 2 aromatic heterocycles. The molecule has 1 aliphatic rings. The van der Waals surface area contributed by atoms with Crippen LogP contribution >= 0.6 is 11.6 Å². The van der Waals surface area contributed by atoms with Gasteiger partial charge in [-0.25, -0.2) is 14.8 Å². The maximum atomic E-state index is 12.2. The molecule has 32 heavy (non-hydrogen) atoms. The van der Waals surface area contributed by atoms with E-state index in [0.29, 0.717) is 16.7 Å². The highest BCUT2D eigenvalue weighted by Gasteiger charge is 2.28. The molecule has 1 fully saturated rings. The Hall–Kier alpha value is -2.84. The lowest BCUT2D eigenvalue weighted by Gasteiger charge is -2.36. The number of fused-ring (bicyclic) bond motifs is 1. The van der Waals surface area contributed by atoms with Gasteiger partial charge in [0.25, 0.3) is 0 Å². The third-order valence-corrected chi connectivity index (χ3v) is 5.55. The standard InChI is InChI=1S/C23H29ClN6O2/c1-23(2,3)32-22(31)28-15-9-14(12-30(4)13-15)27-21-26-11-18(24)20(29-21)17-10-25-19-8-6-5-7-16(17)19/h5-8,10-11,14-15,25H,9,12-13H2,1-4H3,(H,28,31)(H,26,27,29)/t14?,15-/m0/s1. The van der Waals surface area contributed by atoms with Crippen molar-refractivity contribution in [2.24, 2.45) is 0 Å². The van der Waals surface area contributed by atoms with Crippen LogP contribution < -0.4 is 10.6 Å². The van der Waals surface area contributed by atoms with Gasteiger partial charge in [0.15, 0.2) is 0 Å². The number of likely N-dealkylation sites (tertiary alicyclic amines) is 1. The van der Waals surface area contributed by atoms with Gasteiger partial charge in [0, 0.05) is 47.8 Å². The number of rotatable bonds is 4. The van der Waals surface area contributed by atoms with Crippen LogP contribution in [0, 0.1) is 0 Å². The Labute approximate surface area is 192 Å². The molecular formula is C23H29ClN6O2. The molecule has 1 amide bonds. The number of hydrogen-bond acceptors (Lipinski definition) is 6. The minimum atomic E-state index is -0.530. The van der Waals surface area contributed by atoms with Gasteiger partial charge in [-0.1, -0.05) is 29.8 Å². The number of carbonyl (C=O) groups is 1. The lowest BCUT2D eigenvalue weighted by atomic mass is 10.0. The molecule has 0 radical (unpaired) electrons. The zero-order valence-corrected chi connectivity index (χ0v) is 19.5. The summed E-state index contributed by atoms with van der Waals surface area (Å²) in [5.41, 5.74) is 2.10. The molecule has 1 aliphatic heterocycles. The number of aromatic nitrogens is 3. The van der Waals surface area contributed by atoms with E-state index in [1.807, 2.05) is 58.3 Å². The van der Waals surface area contributed by atoms with Crippen LogP contribution in [0.2, 0.25) is 5.02 Å². The van der Waals surface area contributed by atoms with Crippen LogP contribution in [0.5, 0.6) is 0 Å². The third-order valence-electron chi connectivity index (χ3n) is 5.28. The lowest BCUT2D eigenvalue weighted by Crippen LogP contribution is -2.53. The minimum absolute atomic E-state index is 0.0403. The average Bonchev–Trinajstić information content (AvgIpc) is 3.11. The van der Waals surface area contributed by atoms with Crippen LogP contribution in [0.3, 0.4) is 0 Å². The highest BCUT2D eigenvalue weighted by atomic mass is 35.5. The van der Waals surface area contributed by atoms with Crippen molar-refractivity contribution in [1.82, 2.24) is 25.2 Å². The van der Waals surface area contributed by atoms with E-state index < -0.39 is 11.7 Å². The number of nitrogens with one attached hydrogen (secondary N) is 3. The Morgan fingerprint density at radius 3 is 2.78 bits per heavy atom. The average molecular weight is 457 g/mol. The molecule has 3 aromatic rings. The molecule has 0 spiro atoms. The number of likely N-dealkylation sites (N-methyl/N-ethyl adjacent to an activating group) is 1. The summed E-state index contributed by atoms with van der Waals surface area (Å²) in [6.45, 7) is 7.12. The summed E-state index contributed by atoms with van der Waals surface area (Å²) in [5.74, 6) is 0.506. The number of hydrogen-bond donors (Lipinski definition) is 3. The van der Waals surface area contributed by atoms with Crippen LogP contribution in [-0.4, -0.2) is 63.8 Å². The van der Waals surface area contributed by atoms with Crippen molar-refractivity contribution >= 4 is 34.5 Å². The minimum Gasteiger partial charge on any atom is -0.444 e. The molecule has 1 unspecified atom stereocenters. The summed E-state index contributed by atoms with van der Waals surface area (Å²) in [7, 11) is 2.03. The monoisotopic (exact) mass is 456 g/mol. The van der Waals surface area contributed by atoms with Gasteiger partial charge >= 0.3 is 6.09 Å². The number of carbonyl (C=O) groups excluding carboxylic acids is 1. The molecule has 3 heterocycles. The van der Waals surface area contributed by atoms with E-state index in [9.17, 15) is 4.79 Å². The molecule has 8 nitrogen and oxygen atoms in total. The molecule has 3 N–H and O–H groups in total. The van der Waals surface area contributed by atoms with E-state index in [-0.39, 0.29) is 12.1 Å². The van der Waals surface area contributed by atoms with E-state index in [4.69, 9.17) is 21.3 Å². The van der Waals surface area contributed by atoms with Crippen LogP contribution in [0.25, 0.3) is 22.2 Å². The van der Waals surface area contributed by atoms with E-state index in [2.05, 4.69) is 25.5 Å². The predicted molar refractivity (Wildman–Crippen MR) is 127 cm³/mol. The number of anilines is 1. The number of H-pyrrole nitrogens is 1. The van der Waals surface area contributed by atoms with E-state index in [1.165, 1.54) is 0 Å². The topological polar surface area (TPSA) is 95.2 Å². The number of ether oxygens (including phenoxy) is 1. The Morgan fingerprint density at radius 1 is 1.25 bits per heavy atom. The fourth-order valence-corrected chi connectivity index (χ4v) is 4.27. The smallest absolute Gasteiger partial charge is 0.407 e. The van der Waals surface area contributed by atoms with Crippen molar-refractivity contribution in [3.63, 3.8) is 0 Å². The fourth-order valence-electron chi connectivity index (χ4n) is 4.08. The molecule has 0 aliphatic carbocycles. The Morgan fingerprint density at radius 2 is 2.00 bits per heavy atom. The summed E-state index contributed by atoms with van der Waals surface area (Å²) in [6.07, 6.45) is 3.87. The van der Waals surface area contributed by atoms with Crippen molar-refractivity contribution in [2.75, 3.05) is 25.5 Å². The van der Waals surface area contributed by atoms with Crippen molar-refractivity contribution < 1.29 is 9.53 Å². The van der Waals surface area contributed by atoms with Gasteiger partial charge in [0.2, 0.25) is 5.95 Å². The van der Waals surface area contributed by atoms with Crippen molar-refractivity contribution in [3.05, 3.63) is 41.7 Å². The molecule has 2 atom stereocenters. The maximum absolute atomic E-state index is 12.2. The van der Waals surface area contributed by atoms with E-state index in [1.54, 1.807) is 6.20 Å². The highest BCUT2D eigenvalue weighted by molar-refractivity contribution is 6.33. The van der Waals surface area contributed by atoms with Gasteiger partial charge in [0.05, 0.1) is 16.9 Å². The van der Waals surface area contributed by atoms with Gasteiger partial charge in [-0.3, -0.25) is 0 Å². The third kappa shape index (κ3) is 5.31. The zero-order valence-electron chi connectivity index (χ0n) is 18.8. The molecule has 1 aromatic carbocycles. The molecule has 170 valence electrons. The van der Waals surface area contributed by atoms with Gasteiger partial charge in [-0.05, 0) is 40.3 Å². The first-order chi connectivity index (χ1) is 15.2. The van der Waals surface area contributed by atoms with Gasteiger partial charge in [0.1, 0.15) is 5.60 Å². The molecule has 1 saturated heterocycles. The summed E-state index contributed by atoms with van der Waals surface area (Å²) < 4.78 is 5.40. The van der Waals surface area contributed by atoms with Crippen LogP contribution in [-0.2, 0) is 4.74 Å². The second kappa shape index (κ2) is 8.96. The van der Waals surface area contributed by atoms with Crippen LogP contribution in [0.15, 0.2) is 36.7 Å². The molecular weight excluding hydrogens is 428 g/mol. The van der Waals surface area contributed by atoms with Gasteiger partial charge < -0.3 is 25.3 Å². The number of alkyl carbamates (subject to hydrolysis) is 1. The molecule has 0 saturated carbocycles. The largest absolute Gasteiger partial charge is 0.444 e. The molecule has 4 rings (SSSR count). The number of amides is 1. The van der Waals surface area contributed by atoms with E-state index in [0.717, 1.165) is 36.0 Å². The maximum Gasteiger partial charge on any atom is 0.407 e. The number of para-hydroxylation sites is 1. The lowest BCUT2D eigenvalue weighted by molar-refractivity contribution is 0.0476. The highest BCUT2D eigenvalue weighted by Crippen LogP contribution is 2.32. The first kappa shape index (κ1) is 22.4. The zero-order chi connectivity index (χ0) is 22.9. The summed E-state index contributed by atoms with van der Waals surface area (Å²) in [6, 6.07) is 8.05. The van der Waals surface area contributed by atoms with Crippen molar-refractivity contribution in [1.29, 1.82) is 0 Å². The van der Waals surface area contributed by atoms with Crippen LogP contribution in [0.1, 0.15) is 27.2 Å². The quantitative estimate of drug-likeness (QED) is 0.542. The molecule has 0 bridgehead atoms.